The summed E-state index contributed by atoms with van der Waals surface area (Å²) in [6.07, 6.45) is 1.46. The molecule has 2 aromatic carbocycles. The standard InChI is InChI=1S/C24H31N3O2/c1-4-16-26(17-19(3)28)18-22-23(5-2)25-27(20-12-8-6-9-13-20)24(22)29-21-14-10-7-11-15-21/h6-15,19,28H,4-5,16-18H2,1-3H3/t19-/m1/s1. The SMILES string of the molecule is CCCN(Cc1c(CC)nn(-c2ccccc2)c1Oc1ccccc1)C[C@@H](C)O. The Bertz CT molecular complexity index is 876. The lowest BCUT2D eigenvalue weighted by Gasteiger charge is -2.23. The Morgan fingerprint density at radius 1 is 1.03 bits per heavy atom. The number of nitrogens with zero attached hydrogens (tertiary/aromatic N) is 3. The second kappa shape index (κ2) is 10.2. The van der Waals surface area contributed by atoms with Crippen LogP contribution in [0, 0.1) is 0 Å². The topological polar surface area (TPSA) is 50.5 Å². The van der Waals surface area contributed by atoms with Gasteiger partial charge in [0.05, 0.1) is 23.0 Å². The van der Waals surface area contributed by atoms with Crippen molar-refractivity contribution in [3.8, 4) is 17.3 Å². The molecule has 29 heavy (non-hydrogen) atoms. The molecule has 0 radical (unpaired) electrons. The molecule has 0 spiro atoms. The van der Waals surface area contributed by atoms with Crippen molar-refractivity contribution in [3.05, 3.63) is 71.9 Å². The molecule has 1 heterocycles. The maximum atomic E-state index is 9.95. The maximum absolute atomic E-state index is 9.95. The van der Waals surface area contributed by atoms with Gasteiger partial charge in [-0.3, -0.25) is 4.90 Å². The molecule has 0 aliphatic carbocycles. The Morgan fingerprint density at radius 3 is 2.28 bits per heavy atom. The van der Waals surface area contributed by atoms with Crippen LogP contribution in [0.15, 0.2) is 60.7 Å². The van der Waals surface area contributed by atoms with Crippen molar-refractivity contribution in [3.63, 3.8) is 0 Å². The quantitative estimate of drug-likeness (QED) is 0.536. The number of aliphatic hydroxyl groups excluding tert-OH is 1. The van der Waals surface area contributed by atoms with Crippen molar-refractivity contribution in [2.24, 2.45) is 0 Å². The first-order valence-electron chi connectivity index (χ1n) is 10.4. The van der Waals surface area contributed by atoms with Crippen molar-refractivity contribution in [2.75, 3.05) is 13.1 Å². The van der Waals surface area contributed by atoms with E-state index in [-0.39, 0.29) is 6.10 Å². The first-order chi connectivity index (χ1) is 14.1. The minimum atomic E-state index is -0.380. The number of rotatable bonds is 10. The number of aliphatic hydroxyl groups is 1. The number of ether oxygens (including phenoxy) is 1. The summed E-state index contributed by atoms with van der Waals surface area (Å²) < 4.78 is 8.27. The van der Waals surface area contributed by atoms with Crippen molar-refractivity contribution in [1.82, 2.24) is 14.7 Å². The third-order valence-electron chi connectivity index (χ3n) is 4.76. The molecule has 0 amide bonds. The van der Waals surface area contributed by atoms with E-state index in [2.05, 4.69) is 18.7 Å². The van der Waals surface area contributed by atoms with Gasteiger partial charge in [0.2, 0.25) is 5.88 Å². The summed E-state index contributed by atoms with van der Waals surface area (Å²) >= 11 is 0. The van der Waals surface area contributed by atoms with Crippen molar-refractivity contribution in [2.45, 2.75) is 46.3 Å². The van der Waals surface area contributed by atoms with Crippen LogP contribution >= 0.6 is 0 Å². The molecule has 5 nitrogen and oxygen atoms in total. The molecule has 0 bridgehead atoms. The van der Waals surface area contributed by atoms with Crippen LogP contribution in [-0.2, 0) is 13.0 Å². The smallest absolute Gasteiger partial charge is 0.227 e. The molecule has 3 rings (SSSR count). The normalized spacial score (nSPS) is 12.3. The number of aryl methyl sites for hydroxylation is 1. The molecule has 0 saturated carbocycles. The Morgan fingerprint density at radius 2 is 1.69 bits per heavy atom. The Hall–Kier alpha value is -2.63. The fourth-order valence-corrected chi connectivity index (χ4v) is 3.52. The van der Waals surface area contributed by atoms with Gasteiger partial charge in [-0.25, -0.2) is 4.68 Å². The van der Waals surface area contributed by atoms with Crippen LogP contribution in [0.1, 0.15) is 38.4 Å². The van der Waals surface area contributed by atoms with Crippen LogP contribution in [0.5, 0.6) is 11.6 Å². The summed E-state index contributed by atoms with van der Waals surface area (Å²) in [5, 5.41) is 14.8. The van der Waals surface area contributed by atoms with Crippen LogP contribution in [0.3, 0.4) is 0 Å². The molecule has 154 valence electrons. The van der Waals surface area contributed by atoms with Crippen LogP contribution < -0.4 is 4.74 Å². The van der Waals surface area contributed by atoms with Crippen LogP contribution in [0.2, 0.25) is 0 Å². The number of benzene rings is 2. The molecular weight excluding hydrogens is 362 g/mol. The summed E-state index contributed by atoms with van der Waals surface area (Å²) in [7, 11) is 0. The van der Waals surface area contributed by atoms with Gasteiger partial charge in [-0.2, -0.15) is 5.10 Å². The molecule has 1 N–H and O–H groups in total. The molecule has 0 aliphatic heterocycles. The van der Waals surface area contributed by atoms with Crippen LogP contribution in [-0.4, -0.2) is 39.0 Å². The van der Waals surface area contributed by atoms with Gasteiger partial charge in [-0.1, -0.05) is 50.2 Å². The largest absolute Gasteiger partial charge is 0.439 e. The summed E-state index contributed by atoms with van der Waals surface area (Å²) in [5.41, 5.74) is 3.07. The van der Waals surface area contributed by atoms with Gasteiger partial charge >= 0.3 is 0 Å². The number of hydrogen-bond donors (Lipinski definition) is 1. The molecule has 0 unspecified atom stereocenters. The Balaban J connectivity index is 2.06. The van der Waals surface area contributed by atoms with Crippen molar-refractivity contribution in [1.29, 1.82) is 0 Å². The highest BCUT2D eigenvalue weighted by atomic mass is 16.5. The summed E-state index contributed by atoms with van der Waals surface area (Å²) in [4.78, 5) is 2.27. The first kappa shape index (κ1) is 21.1. The molecule has 3 aromatic rings. The monoisotopic (exact) mass is 393 g/mol. The van der Waals surface area contributed by atoms with Crippen LogP contribution in [0.4, 0.5) is 0 Å². The second-order valence-corrected chi connectivity index (χ2v) is 7.33. The molecule has 5 heteroatoms. The number of aromatic nitrogens is 2. The number of hydrogen-bond acceptors (Lipinski definition) is 4. The lowest BCUT2D eigenvalue weighted by Crippen LogP contribution is -2.31. The van der Waals surface area contributed by atoms with E-state index in [0.717, 1.165) is 48.0 Å². The van der Waals surface area contributed by atoms with E-state index in [1.807, 2.05) is 72.3 Å². The Kier molecular flexibility index (Phi) is 7.44. The van der Waals surface area contributed by atoms with E-state index in [1.54, 1.807) is 0 Å². The average molecular weight is 394 g/mol. The average Bonchev–Trinajstić information content (AvgIpc) is 3.06. The molecule has 0 saturated heterocycles. The van der Waals surface area contributed by atoms with E-state index in [4.69, 9.17) is 9.84 Å². The molecule has 0 aliphatic rings. The third-order valence-corrected chi connectivity index (χ3v) is 4.76. The van der Waals surface area contributed by atoms with Gasteiger partial charge < -0.3 is 9.84 Å². The zero-order valence-corrected chi connectivity index (χ0v) is 17.6. The molecule has 0 fully saturated rings. The summed E-state index contributed by atoms with van der Waals surface area (Å²) in [6.45, 7) is 8.33. The first-order valence-corrected chi connectivity index (χ1v) is 10.4. The maximum Gasteiger partial charge on any atom is 0.227 e. The van der Waals surface area contributed by atoms with Crippen molar-refractivity contribution >= 4 is 0 Å². The van der Waals surface area contributed by atoms with E-state index in [9.17, 15) is 5.11 Å². The lowest BCUT2D eigenvalue weighted by atomic mass is 10.1. The predicted molar refractivity (Wildman–Crippen MR) is 117 cm³/mol. The van der Waals surface area contributed by atoms with E-state index in [0.29, 0.717) is 13.1 Å². The highest BCUT2D eigenvalue weighted by Crippen LogP contribution is 2.32. The van der Waals surface area contributed by atoms with E-state index >= 15 is 0 Å². The lowest BCUT2D eigenvalue weighted by molar-refractivity contribution is 0.122. The summed E-state index contributed by atoms with van der Waals surface area (Å²) in [5.74, 6) is 1.52. The summed E-state index contributed by atoms with van der Waals surface area (Å²) in [6, 6.07) is 19.9. The zero-order valence-electron chi connectivity index (χ0n) is 17.6. The second-order valence-electron chi connectivity index (χ2n) is 7.33. The van der Waals surface area contributed by atoms with Gasteiger partial charge in [-0.05, 0) is 50.6 Å². The minimum absolute atomic E-state index is 0.380. The predicted octanol–water partition coefficient (Wildman–Crippen LogP) is 4.82. The highest BCUT2D eigenvalue weighted by molar-refractivity contribution is 5.43. The zero-order chi connectivity index (χ0) is 20.6. The van der Waals surface area contributed by atoms with Gasteiger partial charge in [0, 0.05) is 13.1 Å². The molecule has 1 aromatic heterocycles. The van der Waals surface area contributed by atoms with Crippen LogP contribution in [0.25, 0.3) is 5.69 Å². The minimum Gasteiger partial charge on any atom is -0.439 e. The van der Waals surface area contributed by atoms with Gasteiger partial charge in [-0.15, -0.1) is 0 Å². The Labute approximate surface area is 173 Å². The third kappa shape index (κ3) is 5.46. The highest BCUT2D eigenvalue weighted by Gasteiger charge is 2.22. The molecular formula is C24H31N3O2. The van der Waals surface area contributed by atoms with E-state index in [1.165, 1.54) is 0 Å². The fourth-order valence-electron chi connectivity index (χ4n) is 3.52. The van der Waals surface area contributed by atoms with Gasteiger partial charge in [0.15, 0.2) is 0 Å². The van der Waals surface area contributed by atoms with Gasteiger partial charge in [0.1, 0.15) is 5.75 Å². The van der Waals surface area contributed by atoms with Gasteiger partial charge in [0.25, 0.3) is 0 Å². The number of para-hydroxylation sites is 2. The van der Waals surface area contributed by atoms with Crippen molar-refractivity contribution < 1.29 is 9.84 Å². The fraction of sp³-hybridized carbons (Fsp3) is 0.375. The molecule has 1 atom stereocenters. The van der Waals surface area contributed by atoms with E-state index < -0.39 is 0 Å².